The van der Waals surface area contributed by atoms with E-state index < -0.39 is 13.1 Å². The van der Waals surface area contributed by atoms with Crippen molar-refractivity contribution in [2.24, 2.45) is 0 Å². The van der Waals surface area contributed by atoms with Crippen molar-refractivity contribution in [2.45, 2.75) is 0 Å². The Labute approximate surface area is 79.6 Å². The van der Waals surface area contributed by atoms with Crippen LogP contribution in [0.25, 0.3) is 0 Å². The zero-order chi connectivity index (χ0) is 11.7. The van der Waals surface area contributed by atoms with Gasteiger partial charge in [-0.2, -0.15) is 0 Å². The van der Waals surface area contributed by atoms with E-state index in [-0.39, 0.29) is 5.75 Å². The van der Waals surface area contributed by atoms with Crippen LogP contribution in [0, 0.1) is 0 Å². The molecule has 1 aromatic carbocycles. The van der Waals surface area contributed by atoms with Gasteiger partial charge >= 0.3 is 0 Å². The zero-order valence-electron chi connectivity index (χ0n) is 9.54. The summed E-state index contributed by atoms with van der Waals surface area (Å²) in [5, 5.41) is 8.89. The molecule has 0 saturated heterocycles. The highest BCUT2D eigenvalue weighted by atomic mass is 79.9. The zero-order valence-corrected chi connectivity index (χ0v) is 7.13. The molecule has 3 heteroatoms. The van der Waals surface area contributed by atoms with Crippen LogP contribution in [0.3, 0.4) is 0 Å². The second-order valence-corrected chi connectivity index (χ2v) is 2.69. The predicted octanol–water partition coefficient (Wildman–Crippen LogP) is 1.82. The second kappa shape index (κ2) is 4.36. The monoisotopic (exact) mass is 220 g/mol. The van der Waals surface area contributed by atoms with E-state index in [0.29, 0.717) is 0 Å². The molecule has 0 amide bonds. The van der Waals surface area contributed by atoms with Gasteiger partial charge in [-0.3, -0.25) is 0 Å². The van der Waals surface area contributed by atoms with E-state index in [1.54, 1.807) is 12.1 Å². The van der Waals surface area contributed by atoms with Crippen LogP contribution >= 0.6 is 15.9 Å². The molecule has 11 heavy (non-hydrogen) atoms. The van der Waals surface area contributed by atoms with Gasteiger partial charge in [0.15, 0.2) is 0 Å². The molecule has 0 unspecified atom stereocenters. The van der Waals surface area contributed by atoms with E-state index in [4.69, 9.17) is 15.3 Å². The first kappa shape index (κ1) is 4.48. The molecule has 0 radical (unpaired) electrons. The molecule has 0 aromatic heterocycles. The Bertz CT molecular complexity index is 333. The van der Waals surface area contributed by atoms with Gasteiger partial charge in [0, 0.05) is 4.47 Å². The smallest absolute Gasteiger partial charge is 0.119 e. The Hall–Kier alpha value is -0.540. The number of hydrogen-bond donors (Lipinski definition) is 1. The van der Waals surface area contributed by atoms with Crippen LogP contribution < -0.4 is 4.74 Å². The third-order valence-corrected chi connectivity index (χ3v) is 1.56. The summed E-state index contributed by atoms with van der Waals surface area (Å²) in [5.41, 5.74) is 0. The van der Waals surface area contributed by atoms with Crippen molar-refractivity contribution in [1.82, 2.24) is 0 Å². The number of ether oxygens (including phenoxy) is 1. The first-order valence-electron chi connectivity index (χ1n) is 4.89. The van der Waals surface area contributed by atoms with Gasteiger partial charge in [-0.05, 0) is 24.3 Å². The summed E-state index contributed by atoms with van der Waals surface area (Å²) in [6, 6.07) is 6.18. The minimum atomic E-state index is -3.06. The highest BCUT2D eigenvalue weighted by Crippen LogP contribution is 2.15. The fourth-order valence-corrected chi connectivity index (χ4v) is 0.849. The summed E-state index contributed by atoms with van der Waals surface area (Å²) >= 11 is 3.19. The molecule has 0 atom stereocenters. The summed E-state index contributed by atoms with van der Waals surface area (Å²) in [5.74, 6) is 0.140. The maximum atomic E-state index is 8.89. The molecule has 0 bridgehead atoms. The topological polar surface area (TPSA) is 29.5 Å². The molecule has 0 aliphatic carbocycles. The third kappa shape index (κ3) is 2.91. The molecule has 1 N–H and O–H groups in total. The summed E-state index contributed by atoms with van der Waals surface area (Å²) < 4.78 is 33.5. The molecule has 2 nitrogen and oxygen atoms in total. The number of aliphatic hydroxyl groups is 1. The first-order valence-corrected chi connectivity index (χ1v) is 3.69. The average Bonchev–Trinajstić information content (AvgIpc) is 2.06. The lowest BCUT2D eigenvalue weighted by Gasteiger charge is -2.02. The summed E-state index contributed by atoms with van der Waals surface area (Å²) in [7, 11) is 0. The Balaban J connectivity index is 2.82. The lowest BCUT2D eigenvalue weighted by Crippen LogP contribution is -2.00. The van der Waals surface area contributed by atoms with E-state index in [1.165, 1.54) is 12.1 Å². The Kier molecular flexibility index (Phi) is 1.77. The van der Waals surface area contributed by atoms with Crippen molar-refractivity contribution in [3.63, 3.8) is 0 Å². The molecule has 60 valence electrons. The van der Waals surface area contributed by atoms with Crippen molar-refractivity contribution >= 4 is 15.9 Å². The highest BCUT2D eigenvalue weighted by Gasteiger charge is 1.90. The largest absolute Gasteiger partial charge is 0.491 e. The van der Waals surface area contributed by atoms with Gasteiger partial charge in [-0.1, -0.05) is 15.9 Å². The number of halogens is 1. The van der Waals surface area contributed by atoms with Crippen LogP contribution in [0.4, 0.5) is 0 Å². The maximum absolute atomic E-state index is 8.89. The number of hydrogen-bond acceptors (Lipinski definition) is 2. The van der Waals surface area contributed by atoms with Gasteiger partial charge in [-0.15, -0.1) is 0 Å². The van der Waals surface area contributed by atoms with Gasteiger partial charge in [-0.25, -0.2) is 0 Å². The molecule has 0 aliphatic heterocycles. The van der Waals surface area contributed by atoms with Crippen LogP contribution in [-0.4, -0.2) is 18.2 Å². The third-order valence-electron chi connectivity index (χ3n) is 1.03. The molecular formula is C8H9BrO2. The van der Waals surface area contributed by atoms with Gasteiger partial charge in [0.2, 0.25) is 0 Å². The fourth-order valence-electron chi connectivity index (χ4n) is 0.584. The summed E-state index contributed by atoms with van der Waals surface area (Å²) in [6.07, 6.45) is 0. The molecule has 1 rings (SSSR count). The van der Waals surface area contributed by atoms with Crippen molar-refractivity contribution in [2.75, 3.05) is 13.1 Å². The van der Waals surface area contributed by atoms with Crippen LogP contribution in [-0.2, 0) is 0 Å². The highest BCUT2D eigenvalue weighted by molar-refractivity contribution is 9.10. The standard InChI is InChI=1S/C8H9BrO2/c9-7-1-3-8(4-2-7)11-6-5-10/h1-4,10H,5-6H2/i5D2,6D2. The lowest BCUT2D eigenvalue weighted by molar-refractivity contribution is 0.201. The van der Waals surface area contributed by atoms with Gasteiger partial charge in [0.05, 0.1) is 12.0 Å². The van der Waals surface area contributed by atoms with E-state index in [0.717, 1.165) is 4.47 Å². The van der Waals surface area contributed by atoms with E-state index in [1.807, 2.05) is 0 Å². The van der Waals surface area contributed by atoms with E-state index in [9.17, 15) is 0 Å². The van der Waals surface area contributed by atoms with Crippen LogP contribution in [0.15, 0.2) is 28.7 Å². The van der Waals surface area contributed by atoms with Gasteiger partial charge in [0.25, 0.3) is 0 Å². The SMILES string of the molecule is [2H]C([2H])(O)C([2H])([2H])Oc1ccc(Br)cc1. The van der Waals surface area contributed by atoms with Gasteiger partial charge in [0.1, 0.15) is 12.3 Å². The summed E-state index contributed by atoms with van der Waals surface area (Å²) in [4.78, 5) is 0. The minimum Gasteiger partial charge on any atom is -0.491 e. The Morgan fingerprint density at radius 2 is 2.09 bits per heavy atom. The van der Waals surface area contributed by atoms with Gasteiger partial charge < -0.3 is 9.84 Å². The van der Waals surface area contributed by atoms with E-state index in [2.05, 4.69) is 15.9 Å². The molecule has 0 saturated carbocycles. The molecule has 0 aliphatic rings. The van der Waals surface area contributed by atoms with Crippen LogP contribution in [0.2, 0.25) is 0 Å². The second-order valence-electron chi connectivity index (χ2n) is 1.77. The van der Waals surface area contributed by atoms with Crippen LogP contribution in [0.1, 0.15) is 5.48 Å². The number of benzene rings is 1. The summed E-state index contributed by atoms with van der Waals surface area (Å²) in [6.45, 7) is -5.85. The predicted molar refractivity (Wildman–Crippen MR) is 46.7 cm³/mol. The molecule has 0 heterocycles. The Morgan fingerprint density at radius 3 is 2.64 bits per heavy atom. The van der Waals surface area contributed by atoms with Crippen molar-refractivity contribution in [1.29, 1.82) is 0 Å². The van der Waals surface area contributed by atoms with Crippen LogP contribution in [0.5, 0.6) is 5.75 Å². The quantitative estimate of drug-likeness (QED) is 0.843. The fraction of sp³-hybridized carbons (Fsp3) is 0.250. The Morgan fingerprint density at radius 1 is 1.45 bits per heavy atom. The maximum Gasteiger partial charge on any atom is 0.119 e. The molecule has 1 aromatic rings. The lowest BCUT2D eigenvalue weighted by atomic mass is 10.3. The normalized spacial score (nSPS) is 17.6. The number of rotatable bonds is 3. The minimum absolute atomic E-state index is 0.140. The molecular weight excluding hydrogens is 208 g/mol. The first-order chi connectivity index (χ1) is 6.72. The van der Waals surface area contributed by atoms with Crippen molar-refractivity contribution in [3.8, 4) is 5.75 Å². The molecule has 0 spiro atoms. The average molecular weight is 221 g/mol. The van der Waals surface area contributed by atoms with Crippen molar-refractivity contribution in [3.05, 3.63) is 28.7 Å². The van der Waals surface area contributed by atoms with E-state index >= 15 is 0 Å². The van der Waals surface area contributed by atoms with Crippen molar-refractivity contribution < 1.29 is 15.3 Å². The molecule has 0 fully saturated rings.